The van der Waals surface area contributed by atoms with Gasteiger partial charge in [-0.05, 0) is 48.6 Å². The number of hydrogen-bond acceptors (Lipinski definition) is 3. The maximum atomic E-state index is 12.1. The molecule has 1 aliphatic rings. The number of carbonyl (C=O) groups is 1. The molecule has 1 aromatic carbocycles. The van der Waals surface area contributed by atoms with Gasteiger partial charge in [-0.3, -0.25) is 9.69 Å². The quantitative estimate of drug-likeness (QED) is 0.621. The van der Waals surface area contributed by atoms with E-state index in [0.29, 0.717) is 27.4 Å². The van der Waals surface area contributed by atoms with Gasteiger partial charge in [0, 0.05) is 30.8 Å². The number of halogens is 1. The molecule has 0 spiro atoms. The fraction of sp³-hybridized carbons (Fsp3) is 0.125. The van der Waals surface area contributed by atoms with E-state index in [0.717, 1.165) is 5.56 Å². The molecular weight excluding hydrogens is 320 g/mol. The third-order valence-electron chi connectivity index (χ3n) is 3.49. The highest BCUT2D eigenvalue weighted by Gasteiger charge is 2.32. The number of furan rings is 1. The number of carbonyl (C=O) groups excluding carboxylic acids is 1. The lowest BCUT2D eigenvalue weighted by molar-refractivity contribution is -0.121. The first-order valence-corrected chi connectivity index (χ1v) is 7.39. The van der Waals surface area contributed by atoms with E-state index in [-0.39, 0.29) is 5.91 Å². The lowest BCUT2D eigenvalue weighted by Crippen LogP contribution is -2.26. The highest BCUT2D eigenvalue weighted by molar-refractivity contribution is 7.80. The molecule has 2 heterocycles. The Morgan fingerprint density at radius 2 is 1.77 bits per heavy atom. The summed E-state index contributed by atoms with van der Waals surface area (Å²) >= 11 is 11.1. The molecule has 0 aliphatic carbocycles. The van der Waals surface area contributed by atoms with Crippen molar-refractivity contribution >= 4 is 40.9 Å². The number of nitrogens with zero attached hydrogens (tertiary/aromatic N) is 2. The monoisotopic (exact) mass is 332 g/mol. The largest absolute Gasteiger partial charge is 0.457 e. The van der Waals surface area contributed by atoms with Gasteiger partial charge in [0.25, 0.3) is 5.91 Å². The first kappa shape index (κ1) is 14.8. The van der Waals surface area contributed by atoms with Crippen LogP contribution < -0.4 is 0 Å². The molecule has 0 saturated carbocycles. The van der Waals surface area contributed by atoms with E-state index in [1.807, 2.05) is 24.3 Å². The van der Waals surface area contributed by atoms with E-state index >= 15 is 0 Å². The minimum Gasteiger partial charge on any atom is -0.457 e. The van der Waals surface area contributed by atoms with E-state index in [1.165, 1.54) is 4.90 Å². The third-order valence-corrected chi connectivity index (χ3v) is 4.29. The van der Waals surface area contributed by atoms with Crippen LogP contribution in [0, 0.1) is 0 Å². The third kappa shape index (κ3) is 2.53. The molecule has 1 amide bonds. The summed E-state index contributed by atoms with van der Waals surface area (Å²) < 4.78 is 5.78. The van der Waals surface area contributed by atoms with Crippen molar-refractivity contribution in [3.05, 3.63) is 52.9 Å². The number of rotatable bonds is 2. The van der Waals surface area contributed by atoms with Crippen LogP contribution in [-0.4, -0.2) is 34.9 Å². The second-order valence-corrected chi connectivity index (χ2v) is 5.75. The normalized spacial score (nSPS) is 17.0. The summed E-state index contributed by atoms with van der Waals surface area (Å²) in [7, 11) is 3.42. The van der Waals surface area contributed by atoms with Crippen molar-refractivity contribution in [2.24, 2.45) is 0 Å². The molecule has 1 fully saturated rings. The van der Waals surface area contributed by atoms with Gasteiger partial charge in [0.15, 0.2) is 5.11 Å². The summed E-state index contributed by atoms with van der Waals surface area (Å²) in [6.07, 6.45) is 1.69. The van der Waals surface area contributed by atoms with E-state index < -0.39 is 0 Å². The van der Waals surface area contributed by atoms with Crippen molar-refractivity contribution in [3.63, 3.8) is 0 Å². The van der Waals surface area contributed by atoms with E-state index in [2.05, 4.69) is 0 Å². The van der Waals surface area contributed by atoms with Crippen molar-refractivity contribution in [1.82, 2.24) is 9.80 Å². The first-order valence-electron chi connectivity index (χ1n) is 6.60. The van der Waals surface area contributed by atoms with Gasteiger partial charge in [-0.25, -0.2) is 0 Å². The fourth-order valence-corrected chi connectivity index (χ4v) is 2.53. The van der Waals surface area contributed by atoms with Crippen LogP contribution in [-0.2, 0) is 4.79 Å². The molecule has 1 aromatic heterocycles. The van der Waals surface area contributed by atoms with Gasteiger partial charge in [-0.15, -0.1) is 0 Å². The number of benzene rings is 1. The molecule has 0 N–H and O–H groups in total. The zero-order valence-corrected chi connectivity index (χ0v) is 13.6. The summed E-state index contributed by atoms with van der Waals surface area (Å²) in [6, 6.07) is 11.1. The van der Waals surface area contributed by atoms with Crippen LogP contribution in [0.15, 0.2) is 46.5 Å². The molecular formula is C16H13ClN2O2S. The Kier molecular flexibility index (Phi) is 3.76. The molecule has 0 atom stereocenters. The van der Waals surface area contributed by atoms with Crippen LogP contribution in [0.2, 0.25) is 5.02 Å². The molecule has 0 bridgehead atoms. The molecule has 6 heteroatoms. The zero-order chi connectivity index (χ0) is 15.9. The van der Waals surface area contributed by atoms with Gasteiger partial charge in [0.2, 0.25) is 0 Å². The minimum absolute atomic E-state index is 0.142. The lowest BCUT2D eigenvalue weighted by Gasteiger charge is -2.10. The Bertz CT molecular complexity index is 780. The van der Waals surface area contributed by atoms with Crippen LogP contribution in [0.4, 0.5) is 0 Å². The smallest absolute Gasteiger partial charge is 0.276 e. The Morgan fingerprint density at radius 1 is 1.09 bits per heavy atom. The van der Waals surface area contributed by atoms with Crippen molar-refractivity contribution in [2.75, 3.05) is 14.1 Å². The molecule has 4 nitrogen and oxygen atoms in total. The van der Waals surface area contributed by atoms with Crippen molar-refractivity contribution in [1.29, 1.82) is 0 Å². The van der Waals surface area contributed by atoms with Crippen LogP contribution >= 0.6 is 23.8 Å². The predicted octanol–water partition coefficient (Wildman–Crippen LogP) is 3.63. The second kappa shape index (κ2) is 5.59. The highest BCUT2D eigenvalue weighted by atomic mass is 35.5. The summed E-state index contributed by atoms with van der Waals surface area (Å²) in [5.41, 5.74) is 1.41. The average molecular weight is 333 g/mol. The number of thiocarbonyl (C=S) groups is 1. The number of likely N-dealkylation sites (N-methyl/N-ethyl adjacent to an activating group) is 2. The maximum absolute atomic E-state index is 12.1. The Labute approximate surface area is 138 Å². The SMILES string of the molecule is CN1C(=O)/C(=C/c2ccc(-c3ccc(Cl)cc3)o2)N(C)C1=S. The van der Waals surface area contributed by atoms with E-state index in [4.69, 9.17) is 28.2 Å². The standard InChI is InChI=1S/C16H13ClN2O2S/c1-18-13(15(20)19(2)16(18)22)9-12-7-8-14(21-12)10-3-5-11(17)6-4-10/h3-9H,1-2H3/b13-9-. The van der Waals surface area contributed by atoms with Crippen LogP contribution in [0.1, 0.15) is 5.76 Å². The first-order chi connectivity index (χ1) is 10.5. The highest BCUT2D eigenvalue weighted by Crippen LogP contribution is 2.26. The summed E-state index contributed by atoms with van der Waals surface area (Å²) in [5.74, 6) is 1.17. The van der Waals surface area contributed by atoms with Gasteiger partial charge in [-0.1, -0.05) is 11.6 Å². The van der Waals surface area contributed by atoms with Crippen LogP contribution in [0.5, 0.6) is 0 Å². The predicted molar refractivity (Wildman–Crippen MR) is 90.3 cm³/mol. The number of hydrogen-bond donors (Lipinski definition) is 0. The van der Waals surface area contributed by atoms with Crippen molar-refractivity contribution in [2.45, 2.75) is 0 Å². The molecule has 0 unspecified atom stereocenters. The summed E-state index contributed by atoms with van der Waals surface area (Å²) in [5, 5.41) is 1.15. The van der Waals surface area contributed by atoms with Gasteiger partial charge < -0.3 is 9.32 Å². The van der Waals surface area contributed by atoms with E-state index in [1.54, 1.807) is 37.2 Å². The molecule has 1 saturated heterocycles. The molecule has 2 aromatic rings. The Balaban J connectivity index is 1.91. The molecule has 3 rings (SSSR count). The molecule has 1 aliphatic heterocycles. The Hall–Kier alpha value is -2.11. The van der Waals surface area contributed by atoms with Gasteiger partial charge >= 0.3 is 0 Å². The lowest BCUT2D eigenvalue weighted by atomic mass is 10.2. The maximum Gasteiger partial charge on any atom is 0.276 e. The van der Waals surface area contributed by atoms with Gasteiger partial charge in [-0.2, -0.15) is 0 Å². The van der Waals surface area contributed by atoms with Crippen LogP contribution in [0.25, 0.3) is 17.4 Å². The van der Waals surface area contributed by atoms with Gasteiger partial charge in [0.05, 0.1) is 0 Å². The van der Waals surface area contributed by atoms with Gasteiger partial charge in [0.1, 0.15) is 17.2 Å². The fourth-order valence-electron chi connectivity index (χ4n) is 2.22. The second-order valence-electron chi connectivity index (χ2n) is 4.94. The summed E-state index contributed by atoms with van der Waals surface area (Å²) in [4.78, 5) is 15.2. The molecule has 0 radical (unpaired) electrons. The summed E-state index contributed by atoms with van der Waals surface area (Å²) in [6.45, 7) is 0. The molecule has 112 valence electrons. The zero-order valence-electron chi connectivity index (χ0n) is 12.0. The van der Waals surface area contributed by atoms with Crippen LogP contribution in [0.3, 0.4) is 0 Å². The average Bonchev–Trinajstić information content (AvgIpc) is 3.04. The molecule has 22 heavy (non-hydrogen) atoms. The van der Waals surface area contributed by atoms with Crippen molar-refractivity contribution < 1.29 is 9.21 Å². The minimum atomic E-state index is -0.142. The van der Waals surface area contributed by atoms with E-state index in [9.17, 15) is 4.79 Å². The number of amides is 1. The Morgan fingerprint density at radius 3 is 2.36 bits per heavy atom. The topological polar surface area (TPSA) is 36.7 Å². The van der Waals surface area contributed by atoms with Crippen molar-refractivity contribution in [3.8, 4) is 11.3 Å².